The summed E-state index contributed by atoms with van der Waals surface area (Å²) in [6, 6.07) is 20.0. The number of rotatable bonds is 5. The van der Waals surface area contributed by atoms with Crippen molar-refractivity contribution >= 4 is 22.6 Å². The molecular weight excluding hydrogens is 338 g/mol. The van der Waals surface area contributed by atoms with Crippen LogP contribution in [0.25, 0.3) is 22.3 Å². The zero-order valence-electron chi connectivity index (χ0n) is 14.4. The number of primary amides is 1. The summed E-state index contributed by atoms with van der Waals surface area (Å²) in [6.45, 7) is 0. The lowest BCUT2D eigenvalue weighted by Gasteiger charge is -2.18. The molecule has 3 N–H and O–H groups in total. The van der Waals surface area contributed by atoms with E-state index in [1.54, 1.807) is 12.4 Å². The van der Waals surface area contributed by atoms with Gasteiger partial charge in [0.2, 0.25) is 5.91 Å². The summed E-state index contributed by atoms with van der Waals surface area (Å²) in [5.41, 5.74) is 8.05. The van der Waals surface area contributed by atoms with Crippen LogP contribution in [0.5, 0.6) is 0 Å². The number of carbonyl (C=O) groups excluding carboxylic acids is 1. The molecule has 1 atom stereocenters. The summed E-state index contributed by atoms with van der Waals surface area (Å²) >= 11 is 0. The fraction of sp³-hybridized carbons (Fsp3) is 0.0476. The summed E-state index contributed by atoms with van der Waals surface area (Å²) in [4.78, 5) is 25.4. The Morgan fingerprint density at radius 2 is 1.59 bits per heavy atom. The van der Waals surface area contributed by atoms with Gasteiger partial charge in [-0.1, -0.05) is 42.5 Å². The molecule has 1 unspecified atom stereocenters. The minimum absolute atomic E-state index is 0.477. The van der Waals surface area contributed by atoms with E-state index in [9.17, 15) is 4.79 Å². The van der Waals surface area contributed by atoms with Gasteiger partial charge < -0.3 is 11.1 Å². The van der Waals surface area contributed by atoms with Crippen molar-refractivity contribution in [2.75, 3.05) is 5.32 Å². The van der Waals surface area contributed by atoms with Gasteiger partial charge in [-0.05, 0) is 29.8 Å². The predicted molar refractivity (Wildman–Crippen MR) is 105 cm³/mol. The van der Waals surface area contributed by atoms with Crippen LogP contribution in [-0.4, -0.2) is 20.9 Å². The first-order chi connectivity index (χ1) is 13.2. The summed E-state index contributed by atoms with van der Waals surface area (Å²) < 4.78 is 0. The van der Waals surface area contributed by atoms with Gasteiger partial charge in [-0.25, -0.2) is 9.97 Å². The van der Waals surface area contributed by atoms with Crippen molar-refractivity contribution in [2.45, 2.75) is 6.04 Å². The van der Waals surface area contributed by atoms with E-state index in [1.165, 1.54) is 0 Å². The second-order valence-corrected chi connectivity index (χ2v) is 6.04. The number of benzene rings is 2. The molecule has 2 aromatic heterocycles. The lowest BCUT2D eigenvalue weighted by molar-refractivity contribution is -0.118. The third-order valence-corrected chi connectivity index (χ3v) is 4.24. The van der Waals surface area contributed by atoms with E-state index in [0.717, 1.165) is 22.0 Å². The average molecular weight is 355 g/mol. The first kappa shape index (κ1) is 16.7. The lowest BCUT2D eigenvalue weighted by atomic mass is 10.1. The van der Waals surface area contributed by atoms with E-state index in [2.05, 4.69) is 20.3 Å². The molecule has 0 fully saturated rings. The van der Waals surface area contributed by atoms with Crippen LogP contribution in [0.4, 0.5) is 5.82 Å². The Morgan fingerprint density at radius 1 is 0.889 bits per heavy atom. The SMILES string of the molecule is NC(=O)C(Nc1nc(-c2ccncc2)nc2ccccc12)c1ccccc1. The Morgan fingerprint density at radius 3 is 2.33 bits per heavy atom. The van der Waals surface area contributed by atoms with Gasteiger partial charge in [0.25, 0.3) is 0 Å². The Labute approximate surface area is 156 Å². The summed E-state index contributed by atoms with van der Waals surface area (Å²) in [7, 11) is 0. The number of nitrogens with zero attached hydrogens (tertiary/aromatic N) is 3. The highest BCUT2D eigenvalue weighted by molar-refractivity contribution is 5.93. The first-order valence-electron chi connectivity index (χ1n) is 8.50. The Balaban J connectivity index is 1.83. The van der Waals surface area contributed by atoms with Gasteiger partial charge in [-0.15, -0.1) is 0 Å². The van der Waals surface area contributed by atoms with Crippen molar-refractivity contribution in [1.82, 2.24) is 15.0 Å². The third kappa shape index (κ3) is 3.46. The van der Waals surface area contributed by atoms with Gasteiger partial charge in [-0.3, -0.25) is 9.78 Å². The zero-order valence-corrected chi connectivity index (χ0v) is 14.4. The maximum Gasteiger partial charge on any atom is 0.244 e. The first-order valence-corrected chi connectivity index (χ1v) is 8.50. The number of aromatic nitrogens is 3. The van der Waals surface area contributed by atoms with E-state index < -0.39 is 11.9 Å². The Hall–Kier alpha value is -3.80. The number of hydrogen-bond donors (Lipinski definition) is 2. The van der Waals surface area contributed by atoms with Crippen molar-refractivity contribution in [1.29, 1.82) is 0 Å². The number of nitrogens with one attached hydrogen (secondary N) is 1. The van der Waals surface area contributed by atoms with Gasteiger partial charge in [0.15, 0.2) is 5.82 Å². The highest BCUT2D eigenvalue weighted by atomic mass is 16.1. The molecule has 132 valence electrons. The second kappa shape index (κ2) is 7.21. The predicted octanol–water partition coefficient (Wildman–Crippen LogP) is 3.33. The van der Waals surface area contributed by atoms with Crippen LogP contribution in [0.3, 0.4) is 0 Å². The number of para-hydroxylation sites is 1. The largest absolute Gasteiger partial charge is 0.368 e. The molecule has 6 heteroatoms. The van der Waals surface area contributed by atoms with Crippen molar-refractivity contribution < 1.29 is 4.79 Å². The van der Waals surface area contributed by atoms with Crippen LogP contribution in [0.1, 0.15) is 11.6 Å². The summed E-state index contributed by atoms with van der Waals surface area (Å²) in [6.07, 6.45) is 3.38. The zero-order chi connectivity index (χ0) is 18.6. The minimum atomic E-state index is -0.699. The van der Waals surface area contributed by atoms with Crippen molar-refractivity contribution in [3.8, 4) is 11.4 Å². The standard InChI is InChI=1S/C21H17N5O/c22-19(27)18(14-6-2-1-3-7-14)25-21-16-8-4-5-9-17(16)24-20(26-21)15-10-12-23-13-11-15/h1-13,18H,(H2,22,27)(H,24,25,26). The topological polar surface area (TPSA) is 93.8 Å². The molecule has 0 radical (unpaired) electrons. The van der Waals surface area contributed by atoms with E-state index in [-0.39, 0.29) is 0 Å². The molecule has 6 nitrogen and oxygen atoms in total. The molecule has 4 aromatic rings. The summed E-state index contributed by atoms with van der Waals surface area (Å²) in [5.74, 6) is 0.629. The molecule has 2 heterocycles. The van der Waals surface area contributed by atoms with Gasteiger partial charge in [0.05, 0.1) is 5.52 Å². The monoisotopic (exact) mass is 355 g/mol. The molecular formula is C21H17N5O. The van der Waals surface area contributed by atoms with Crippen LogP contribution in [0.2, 0.25) is 0 Å². The smallest absolute Gasteiger partial charge is 0.244 e. The highest BCUT2D eigenvalue weighted by Gasteiger charge is 2.20. The Kier molecular flexibility index (Phi) is 4.45. The summed E-state index contributed by atoms with van der Waals surface area (Å²) in [5, 5.41) is 4.02. The molecule has 0 saturated heterocycles. The molecule has 0 bridgehead atoms. The maximum absolute atomic E-state index is 12.1. The van der Waals surface area contributed by atoms with Crippen molar-refractivity contribution in [3.63, 3.8) is 0 Å². The number of pyridine rings is 1. The Bertz CT molecular complexity index is 1080. The van der Waals surface area contributed by atoms with Gasteiger partial charge in [0, 0.05) is 23.3 Å². The number of nitrogens with two attached hydrogens (primary N) is 1. The van der Waals surface area contributed by atoms with Crippen LogP contribution in [-0.2, 0) is 4.79 Å². The normalized spacial score (nSPS) is 11.9. The van der Waals surface area contributed by atoms with E-state index in [4.69, 9.17) is 5.73 Å². The molecule has 27 heavy (non-hydrogen) atoms. The molecule has 1 amide bonds. The molecule has 4 rings (SSSR count). The van der Waals surface area contributed by atoms with Crippen molar-refractivity contribution in [2.24, 2.45) is 5.73 Å². The fourth-order valence-electron chi connectivity index (χ4n) is 2.92. The number of carbonyl (C=O) groups is 1. The van der Waals surface area contributed by atoms with E-state index in [1.807, 2.05) is 66.7 Å². The molecule has 0 spiro atoms. The van der Waals surface area contributed by atoms with E-state index >= 15 is 0 Å². The molecule has 0 aliphatic carbocycles. The molecule has 2 aromatic carbocycles. The third-order valence-electron chi connectivity index (χ3n) is 4.24. The number of anilines is 1. The fourth-order valence-corrected chi connectivity index (χ4v) is 2.92. The second-order valence-electron chi connectivity index (χ2n) is 6.04. The molecule has 0 aliphatic rings. The van der Waals surface area contributed by atoms with Crippen molar-refractivity contribution in [3.05, 3.63) is 84.7 Å². The van der Waals surface area contributed by atoms with E-state index in [0.29, 0.717) is 11.6 Å². The highest BCUT2D eigenvalue weighted by Crippen LogP contribution is 2.27. The van der Waals surface area contributed by atoms with Gasteiger partial charge >= 0.3 is 0 Å². The number of amides is 1. The van der Waals surface area contributed by atoms with Crippen LogP contribution >= 0.6 is 0 Å². The van der Waals surface area contributed by atoms with Crippen LogP contribution < -0.4 is 11.1 Å². The van der Waals surface area contributed by atoms with Crippen LogP contribution in [0, 0.1) is 0 Å². The molecule has 0 saturated carbocycles. The molecule has 0 aliphatic heterocycles. The lowest BCUT2D eigenvalue weighted by Crippen LogP contribution is -2.28. The number of hydrogen-bond acceptors (Lipinski definition) is 5. The quantitative estimate of drug-likeness (QED) is 0.573. The van der Waals surface area contributed by atoms with Gasteiger partial charge in [0.1, 0.15) is 11.9 Å². The average Bonchev–Trinajstić information content (AvgIpc) is 2.72. The van der Waals surface area contributed by atoms with Gasteiger partial charge in [-0.2, -0.15) is 0 Å². The number of fused-ring (bicyclic) bond motifs is 1. The van der Waals surface area contributed by atoms with Crippen LogP contribution in [0.15, 0.2) is 79.1 Å². The maximum atomic E-state index is 12.1. The minimum Gasteiger partial charge on any atom is -0.368 e.